The summed E-state index contributed by atoms with van der Waals surface area (Å²) < 4.78 is 35.7. The van der Waals surface area contributed by atoms with E-state index in [0.29, 0.717) is 15.9 Å². The average Bonchev–Trinajstić information content (AvgIpc) is 2.57. The fourth-order valence-corrected chi connectivity index (χ4v) is 10.8. The predicted molar refractivity (Wildman–Crippen MR) is 120 cm³/mol. The zero-order valence-electron chi connectivity index (χ0n) is 12.3. The summed E-state index contributed by atoms with van der Waals surface area (Å²) in [5.74, 6) is 0. The third-order valence-electron chi connectivity index (χ3n) is 3.93. The molecule has 124 valence electrons. The van der Waals surface area contributed by atoms with E-state index in [1.165, 1.54) is 0 Å². The van der Waals surface area contributed by atoms with Gasteiger partial charge in [0.1, 0.15) is 0 Å². The second-order valence-corrected chi connectivity index (χ2v) is 12.7. The first kappa shape index (κ1) is 27.0. The van der Waals surface area contributed by atoms with Crippen LogP contribution in [0.5, 0.6) is 0 Å². The van der Waals surface area contributed by atoms with Gasteiger partial charge in [0, 0.05) is 0 Å². The zero-order valence-corrected chi connectivity index (χ0v) is 14.1. The zero-order chi connectivity index (χ0) is 16.3. The molecule has 8 heteroatoms. The number of hydrogen-bond acceptors (Lipinski definition) is 2. The number of hydrogen-bond donors (Lipinski definition) is 1. The van der Waals surface area contributed by atoms with Gasteiger partial charge in [-0.15, -0.1) is 0 Å². The van der Waals surface area contributed by atoms with Crippen LogP contribution in [0.2, 0.25) is 0 Å². The molecule has 0 saturated heterocycles. The predicted octanol–water partition coefficient (Wildman–Crippen LogP) is 0.570. The summed E-state index contributed by atoms with van der Waals surface area (Å²) in [4.78, 5) is 0. The van der Waals surface area contributed by atoms with E-state index in [-0.39, 0.29) is 88.7 Å². The van der Waals surface area contributed by atoms with Crippen LogP contribution in [0.1, 0.15) is 0 Å². The molecular weight excluding hydrogens is 396 g/mol. The van der Waals surface area contributed by atoms with Crippen LogP contribution in [0.3, 0.4) is 0 Å². The Balaban J connectivity index is 0.00000208. The third kappa shape index (κ3) is 5.33. The molecular formula is C18H20Na3O3PS. The first-order chi connectivity index (χ1) is 11.1. The second-order valence-electron chi connectivity index (χ2n) is 5.25. The van der Waals surface area contributed by atoms with E-state index in [9.17, 15) is 13.0 Å². The Morgan fingerprint density at radius 2 is 0.769 bits per heavy atom. The van der Waals surface area contributed by atoms with Crippen LogP contribution >= 0.6 is 6.46 Å². The van der Waals surface area contributed by atoms with Gasteiger partial charge in [-0.25, -0.2) is 0 Å². The summed E-state index contributed by atoms with van der Waals surface area (Å²) in [5, 5.41) is 1.92. The van der Waals surface area contributed by atoms with Crippen molar-refractivity contribution in [1.29, 1.82) is 0 Å². The van der Waals surface area contributed by atoms with Gasteiger partial charge in [0.2, 0.25) is 0 Å². The fraction of sp³-hybridized carbons (Fsp3) is 0. The molecule has 0 unspecified atom stereocenters. The van der Waals surface area contributed by atoms with Crippen molar-refractivity contribution in [2.24, 2.45) is 0 Å². The summed E-state index contributed by atoms with van der Waals surface area (Å²) in [6.07, 6.45) is 0. The molecule has 3 aromatic rings. The first-order valence-corrected chi connectivity index (χ1v) is 11.4. The topological polar surface area (TPSA) is 54.4 Å². The Morgan fingerprint density at radius 1 is 0.538 bits per heavy atom. The molecule has 3 aromatic carbocycles. The van der Waals surface area contributed by atoms with Crippen LogP contribution in [0, 0.1) is 0 Å². The fourth-order valence-electron chi connectivity index (χ4n) is 2.97. The van der Waals surface area contributed by atoms with Crippen molar-refractivity contribution in [3.63, 3.8) is 0 Å². The van der Waals surface area contributed by atoms with Crippen molar-refractivity contribution in [3.8, 4) is 0 Å². The second kappa shape index (κ2) is 11.9. The van der Waals surface area contributed by atoms with E-state index in [1.807, 2.05) is 18.2 Å². The van der Waals surface area contributed by atoms with Crippen molar-refractivity contribution >= 4 is 121 Å². The SMILES string of the molecule is O=S(=O)(O)[PH](c1ccccc1)(c1ccccc1)c1ccccc1.[NaH].[NaH].[NaH]. The Hall–Kier alpha value is 1.00. The van der Waals surface area contributed by atoms with Gasteiger partial charge in [-0.1, -0.05) is 0 Å². The number of rotatable bonds is 4. The molecule has 1 N–H and O–H groups in total. The van der Waals surface area contributed by atoms with E-state index in [2.05, 4.69) is 0 Å². The molecule has 0 saturated carbocycles. The first-order valence-electron chi connectivity index (χ1n) is 7.20. The van der Waals surface area contributed by atoms with Gasteiger partial charge in [0.05, 0.1) is 0 Å². The molecule has 0 aliphatic heterocycles. The van der Waals surface area contributed by atoms with Gasteiger partial charge in [0.15, 0.2) is 0 Å². The van der Waals surface area contributed by atoms with Crippen molar-refractivity contribution in [3.05, 3.63) is 91.0 Å². The Labute approximate surface area is 221 Å². The summed E-state index contributed by atoms with van der Waals surface area (Å²) in [5.41, 5.74) is 0. The molecule has 0 fully saturated rings. The van der Waals surface area contributed by atoms with E-state index < -0.39 is 16.2 Å². The molecule has 0 heterocycles. The van der Waals surface area contributed by atoms with Crippen LogP contribution in [-0.2, 0) is 9.74 Å². The molecule has 0 spiro atoms. The van der Waals surface area contributed by atoms with Crippen LogP contribution in [0.15, 0.2) is 91.0 Å². The third-order valence-corrected chi connectivity index (χ3v) is 12.6. The van der Waals surface area contributed by atoms with Crippen LogP contribution in [0.25, 0.3) is 0 Å². The summed E-state index contributed by atoms with van der Waals surface area (Å²) in [6, 6.07) is 27.0. The van der Waals surface area contributed by atoms with E-state index in [0.717, 1.165) is 0 Å². The molecule has 0 aromatic heterocycles. The van der Waals surface area contributed by atoms with Gasteiger partial charge in [-0.05, 0) is 0 Å². The van der Waals surface area contributed by atoms with Gasteiger partial charge in [0.25, 0.3) is 0 Å². The molecule has 0 atom stereocenters. The van der Waals surface area contributed by atoms with Gasteiger partial charge >= 0.3 is 225 Å². The van der Waals surface area contributed by atoms with Gasteiger partial charge in [-0.2, -0.15) is 0 Å². The minimum atomic E-state index is -4.35. The Kier molecular flexibility index (Phi) is 12.3. The average molecular weight is 416 g/mol. The van der Waals surface area contributed by atoms with Crippen LogP contribution in [0.4, 0.5) is 0 Å². The van der Waals surface area contributed by atoms with Crippen LogP contribution < -0.4 is 15.9 Å². The Morgan fingerprint density at radius 3 is 0.962 bits per heavy atom. The molecule has 0 aliphatic carbocycles. The monoisotopic (exact) mass is 416 g/mol. The maximum atomic E-state index is 12.7. The van der Waals surface area contributed by atoms with Crippen LogP contribution in [-0.4, -0.2) is 102 Å². The minimum absolute atomic E-state index is 0. The van der Waals surface area contributed by atoms with E-state index in [4.69, 9.17) is 0 Å². The molecule has 0 amide bonds. The molecule has 3 rings (SSSR count). The van der Waals surface area contributed by atoms with Crippen molar-refractivity contribution in [1.82, 2.24) is 0 Å². The molecule has 0 aliphatic rings. The molecule has 3 nitrogen and oxygen atoms in total. The quantitative estimate of drug-likeness (QED) is 0.385. The molecule has 0 bridgehead atoms. The summed E-state index contributed by atoms with van der Waals surface area (Å²) in [6.45, 7) is -3.60. The Bertz CT molecular complexity index is 796. The maximum absolute atomic E-state index is 12.7. The van der Waals surface area contributed by atoms with E-state index >= 15 is 0 Å². The van der Waals surface area contributed by atoms with Crippen molar-refractivity contribution < 1.29 is 13.0 Å². The number of benzene rings is 3. The van der Waals surface area contributed by atoms with Crippen molar-refractivity contribution in [2.45, 2.75) is 0 Å². The molecule has 0 radical (unpaired) electrons. The van der Waals surface area contributed by atoms with Crippen molar-refractivity contribution in [2.75, 3.05) is 0 Å². The molecule has 26 heavy (non-hydrogen) atoms. The van der Waals surface area contributed by atoms with Gasteiger partial charge in [-0.3, -0.25) is 0 Å². The summed E-state index contributed by atoms with van der Waals surface area (Å²) in [7, 11) is -4.35. The standard InChI is InChI=1S/C18H17O3PS.3Na.3H/c19-23(20,21)22(16-10-4-1-5-11-16,17-12-6-2-7-13-17)18-14-8-3-9-15-18;;;;;;/h1-15,22H,(H,19,20,21);;;;;;. The normalized spacial score (nSPS) is 11.3. The van der Waals surface area contributed by atoms with Gasteiger partial charge < -0.3 is 0 Å². The summed E-state index contributed by atoms with van der Waals surface area (Å²) >= 11 is 0. The van der Waals surface area contributed by atoms with E-state index in [1.54, 1.807) is 72.8 Å².